The highest BCUT2D eigenvalue weighted by Crippen LogP contribution is 2.25. The number of carbonyl (C=O) groups excluding carboxylic acids is 2. The molecule has 0 bridgehead atoms. The van der Waals surface area contributed by atoms with Crippen molar-refractivity contribution in [1.29, 1.82) is 0 Å². The smallest absolute Gasteiger partial charge is 0.311 e. The monoisotopic (exact) mass is 386 g/mol. The van der Waals surface area contributed by atoms with Gasteiger partial charge in [0.05, 0.1) is 18.2 Å². The lowest BCUT2D eigenvalue weighted by molar-refractivity contribution is -0.385. The van der Waals surface area contributed by atoms with Crippen molar-refractivity contribution in [3.8, 4) is 11.5 Å². The van der Waals surface area contributed by atoms with Crippen molar-refractivity contribution < 1.29 is 24.4 Å². The Morgan fingerprint density at radius 2 is 1.93 bits per heavy atom. The number of nitro benzene ring substituents is 1. The molecule has 10 heteroatoms. The molecule has 0 radical (unpaired) electrons. The van der Waals surface area contributed by atoms with Gasteiger partial charge in [-0.25, -0.2) is 5.43 Å². The van der Waals surface area contributed by atoms with Crippen molar-refractivity contribution in [2.24, 2.45) is 5.10 Å². The standard InChI is InChI=1S/C18H18N4O6/c1-11(20-18(25)13-4-6-14(28-2)7-5-13)17(24)21-19-10-12-3-8-16(23)15(9-12)22(26)27/h3-11,23H,1-2H3,(H,20,25)(H,21,24)/b19-10+. The molecule has 0 aliphatic heterocycles. The Hall–Kier alpha value is -3.95. The largest absolute Gasteiger partial charge is 0.502 e. The molecule has 2 aromatic carbocycles. The fraction of sp³-hybridized carbons (Fsp3) is 0.167. The number of hydrogen-bond donors (Lipinski definition) is 3. The van der Waals surface area contributed by atoms with Crippen LogP contribution in [0.25, 0.3) is 0 Å². The van der Waals surface area contributed by atoms with Crippen molar-refractivity contribution in [3.05, 3.63) is 63.7 Å². The van der Waals surface area contributed by atoms with E-state index >= 15 is 0 Å². The van der Waals surface area contributed by atoms with Crippen LogP contribution in [0.4, 0.5) is 5.69 Å². The fourth-order valence-corrected chi connectivity index (χ4v) is 2.12. The second-order valence-electron chi connectivity index (χ2n) is 5.66. The number of amides is 2. The third-order valence-corrected chi connectivity index (χ3v) is 3.68. The molecule has 0 fully saturated rings. The van der Waals surface area contributed by atoms with E-state index in [9.17, 15) is 24.8 Å². The third-order valence-electron chi connectivity index (χ3n) is 3.68. The predicted octanol–water partition coefficient (Wildman–Crippen LogP) is 1.58. The van der Waals surface area contributed by atoms with Crippen LogP contribution in [0.2, 0.25) is 0 Å². The molecule has 2 rings (SSSR count). The fourth-order valence-electron chi connectivity index (χ4n) is 2.12. The van der Waals surface area contributed by atoms with Crippen LogP contribution in [0.1, 0.15) is 22.8 Å². The summed E-state index contributed by atoms with van der Waals surface area (Å²) in [5, 5.41) is 26.4. The molecule has 0 aromatic heterocycles. The first-order valence-corrected chi connectivity index (χ1v) is 8.07. The van der Waals surface area contributed by atoms with Gasteiger partial charge in [0.2, 0.25) is 0 Å². The molecule has 0 aliphatic carbocycles. The van der Waals surface area contributed by atoms with Crippen LogP contribution < -0.4 is 15.5 Å². The zero-order chi connectivity index (χ0) is 20.7. The number of aromatic hydroxyl groups is 1. The molecular weight excluding hydrogens is 368 g/mol. The number of ether oxygens (including phenoxy) is 1. The molecule has 2 amide bonds. The van der Waals surface area contributed by atoms with Gasteiger partial charge in [0.1, 0.15) is 11.8 Å². The minimum atomic E-state index is -0.874. The maximum atomic E-state index is 12.1. The molecule has 2 aromatic rings. The Balaban J connectivity index is 1.93. The van der Waals surface area contributed by atoms with Crippen LogP contribution in [-0.2, 0) is 4.79 Å². The second kappa shape index (κ2) is 9.12. The number of phenols is 1. The van der Waals surface area contributed by atoms with Crippen LogP contribution in [0, 0.1) is 10.1 Å². The Labute approximate surface area is 160 Å². The van der Waals surface area contributed by atoms with E-state index < -0.39 is 34.2 Å². The minimum absolute atomic E-state index is 0.305. The quantitative estimate of drug-likeness (QED) is 0.374. The van der Waals surface area contributed by atoms with E-state index in [1.807, 2.05) is 0 Å². The summed E-state index contributed by atoms with van der Waals surface area (Å²) in [6.07, 6.45) is 1.18. The second-order valence-corrected chi connectivity index (χ2v) is 5.66. The van der Waals surface area contributed by atoms with Gasteiger partial charge in [0.15, 0.2) is 5.75 Å². The number of methoxy groups -OCH3 is 1. The summed E-state index contributed by atoms with van der Waals surface area (Å²) in [5.74, 6) is -0.887. The molecule has 10 nitrogen and oxygen atoms in total. The number of nitro groups is 1. The summed E-state index contributed by atoms with van der Waals surface area (Å²) in [6, 6.07) is 9.16. The number of hydrazone groups is 1. The number of nitrogens with one attached hydrogen (secondary N) is 2. The average Bonchev–Trinajstić information content (AvgIpc) is 2.68. The number of phenolic OH excluding ortho intramolecular Hbond substituents is 1. The highest BCUT2D eigenvalue weighted by molar-refractivity contribution is 5.97. The SMILES string of the molecule is COc1ccc(C(=O)NC(C)C(=O)N/N=C/c2ccc(O)c([N+](=O)[O-])c2)cc1. The molecular formula is C18H18N4O6. The highest BCUT2D eigenvalue weighted by atomic mass is 16.6. The normalized spacial score (nSPS) is 11.6. The van der Waals surface area contributed by atoms with Gasteiger partial charge in [-0.05, 0) is 43.3 Å². The Morgan fingerprint density at radius 1 is 1.25 bits per heavy atom. The van der Waals surface area contributed by atoms with E-state index in [1.165, 1.54) is 26.3 Å². The number of benzene rings is 2. The molecule has 3 N–H and O–H groups in total. The van der Waals surface area contributed by atoms with Gasteiger partial charge in [0.25, 0.3) is 11.8 Å². The molecule has 28 heavy (non-hydrogen) atoms. The zero-order valence-electron chi connectivity index (χ0n) is 15.1. The zero-order valence-corrected chi connectivity index (χ0v) is 15.1. The van der Waals surface area contributed by atoms with Gasteiger partial charge in [-0.2, -0.15) is 5.10 Å². The van der Waals surface area contributed by atoms with E-state index in [0.717, 1.165) is 12.1 Å². The van der Waals surface area contributed by atoms with E-state index in [-0.39, 0.29) is 0 Å². The Kier molecular flexibility index (Phi) is 6.63. The first kappa shape index (κ1) is 20.4. The summed E-state index contributed by atoms with van der Waals surface area (Å²) >= 11 is 0. The molecule has 0 aliphatic rings. The maximum Gasteiger partial charge on any atom is 0.311 e. The van der Waals surface area contributed by atoms with Crippen molar-refractivity contribution >= 4 is 23.7 Å². The Bertz CT molecular complexity index is 911. The number of hydrogen-bond acceptors (Lipinski definition) is 7. The van der Waals surface area contributed by atoms with E-state index in [2.05, 4.69) is 15.8 Å². The molecule has 0 saturated carbocycles. The molecule has 1 unspecified atom stereocenters. The lowest BCUT2D eigenvalue weighted by Crippen LogP contribution is -2.43. The predicted molar refractivity (Wildman–Crippen MR) is 100 cm³/mol. The molecule has 146 valence electrons. The van der Waals surface area contributed by atoms with Crippen LogP contribution >= 0.6 is 0 Å². The summed E-state index contributed by atoms with van der Waals surface area (Å²) in [5.41, 5.74) is 2.42. The van der Waals surface area contributed by atoms with Gasteiger partial charge in [-0.3, -0.25) is 19.7 Å². The minimum Gasteiger partial charge on any atom is -0.502 e. The summed E-state index contributed by atoms with van der Waals surface area (Å²) in [6.45, 7) is 1.48. The topological polar surface area (TPSA) is 143 Å². The van der Waals surface area contributed by atoms with Crippen molar-refractivity contribution in [3.63, 3.8) is 0 Å². The van der Waals surface area contributed by atoms with Crippen molar-refractivity contribution in [2.75, 3.05) is 7.11 Å². The average molecular weight is 386 g/mol. The van der Waals surface area contributed by atoms with Gasteiger partial charge >= 0.3 is 5.69 Å². The first-order valence-electron chi connectivity index (χ1n) is 8.07. The summed E-state index contributed by atoms with van der Waals surface area (Å²) < 4.78 is 5.01. The molecule has 0 saturated heterocycles. The molecule has 0 heterocycles. The lowest BCUT2D eigenvalue weighted by atomic mass is 10.2. The van der Waals surface area contributed by atoms with Gasteiger partial charge in [-0.1, -0.05) is 0 Å². The van der Waals surface area contributed by atoms with Crippen LogP contribution in [0.3, 0.4) is 0 Å². The van der Waals surface area contributed by atoms with Gasteiger partial charge < -0.3 is 15.2 Å². The van der Waals surface area contributed by atoms with Crippen LogP contribution in [0.15, 0.2) is 47.6 Å². The van der Waals surface area contributed by atoms with Crippen molar-refractivity contribution in [2.45, 2.75) is 13.0 Å². The molecule has 1 atom stereocenters. The lowest BCUT2D eigenvalue weighted by Gasteiger charge is -2.12. The van der Waals surface area contributed by atoms with Gasteiger partial charge in [-0.15, -0.1) is 0 Å². The highest BCUT2D eigenvalue weighted by Gasteiger charge is 2.16. The number of carbonyl (C=O) groups is 2. The van der Waals surface area contributed by atoms with E-state index in [1.54, 1.807) is 24.3 Å². The summed E-state index contributed by atoms with van der Waals surface area (Å²) in [7, 11) is 1.51. The summed E-state index contributed by atoms with van der Waals surface area (Å²) in [4.78, 5) is 34.2. The number of rotatable bonds is 7. The van der Waals surface area contributed by atoms with E-state index in [0.29, 0.717) is 16.9 Å². The maximum absolute atomic E-state index is 12.1. The van der Waals surface area contributed by atoms with Crippen LogP contribution in [-0.4, -0.2) is 41.2 Å². The van der Waals surface area contributed by atoms with E-state index in [4.69, 9.17) is 4.74 Å². The van der Waals surface area contributed by atoms with Gasteiger partial charge in [0, 0.05) is 17.2 Å². The molecule has 0 spiro atoms. The first-order chi connectivity index (χ1) is 13.3. The third kappa shape index (κ3) is 5.27. The number of nitrogens with zero attached hydrogens (tertiary/aromatic N) is 2. The van der Waals surface area contributed by atoms with Crippen molar-refractivity contribution in [1.82, 2.24) is 10.7 Å². The Morgan fingerprint density at radius 3 is 2.54 bits per heavy atom. The van der Waals surface area contributed by atoms with Crippen LogP contribution in [0.5, 0.6) is 11.5 Å².